The van der Waals surface area contributed by atoms with E-state index in [1.807, 2.05) is 30.3 Å². The maximum Gasteiger partial charge on any atom is 0.248 e. The molecule has 1 fully saturated rings. The molecule has 23 heavy (non-hydrogen) atoms. The maximum absolute atomic E-state index is 12.8. The van der Waals surface area contributed by atoms with Gasteiger partial charge < -0.3 is 9.63 Å². The number of β-amino-alcohol motifs (C(OH)–C–C–N with tert-alkyl or cyclic N) is 1. The van der Waals surface area contributed by atoms with E-state index in [0.29, 0.717) is 18.7 Å². The largest absolute Gasteiger partial charge is 0.391 e. The Hall–Kier alpha value is -1.70. The minimum atomic E-state index is -3.70. The van der Waals surface area contributed by atoms with Gasteiger partial charge in [0.1, 0.15) is 10.6 Å². The van der Waals surface area contributed by atoms with Gasteiger partial charge in [-0.3, -0.25) is 0 Å². The van der Waals surface area contributed by atoms with Crippen LogP contribution in [0.5, 0.6) is 0 Å². The third-order valence-corrected chi connectivity index (χ3v) is 6.45. The van der Waals surface area contributed by atoms with Crippen molar-refractivity contribution < 1.29 is 18.0 Å². The van der Waals surface area contributed by atoms with Crippen LogP contribution in [0.3, 0.4) is 0 Å². The molecule has 2 atom stereocenters. The number of aromatic nitrogens is 1. The summed E-state index contributed by atoms with van der Waals surface area (Å²) in [5.74, 6) is 0.231. The third kappa shape index (κ3) is 2.91. The summed E-state index contributed by atoms with van der Waals surface area (Å²) >= 11 is 0. The van der Waals surface area contributed by atoms with Crippen molar-refractivity contribution in [2.75, 3.05) is 13.1 Å². The number of sulfonamides is 1. The Labute approximate surface area is 135 Å². The number of piperidine rings is 1. The summed E-state index contributed by atoms with van der Waals surface area (Å²) in [5.41, 5.74) is 1.39. The van der Waals surface area contributed by atoms with Crippen molar-refractivity contribution in [1.82, 2.24) is 9.46 Å². The van der Waals surface area contributed by atoms with Gasteiger partial charge in [-0.15, -0.1) is 0 Å². The average Bonchev–Trinajstić information content (AvgIpc) is 2.87. The Morgan fingerprint density at radius 3 is 2.52 bits per heavy atom. The minimum Gasteiger partial charge on any atom is -0.391 e. The number of hydrogen-bond acceptors (Lipinski definition) is 5. The first-order valence-electron chi connectivity index (χ1n) is 7.57. The summed E-state index contributed by atoms with van der Waals surface area (Å²) in [5, 5.41) is 14.2. The van der Waals surface area contributed by atoms with E-state index in [2.05, 4.69) is 5.16 Å². The first-order chi connectivity index (χ1) is 10.9. The summed E-state index contributed by atoms with van der Waals surface area (Å²) in [6.07, 6.45) is -0.158. The molecule has 1 saturated heterocycles. The summed E-state index contributed by atoms with van der Waals surface area (Å²) in [6, 6.07) is 9.70. The fourth-order valence-electron chi connectivity index (χ4n) is 3.18. The molecule has 124 valence electrons. The van der Waals surface area contributed by atoms with Crippen LogP contribution in [0.2, 0.25) is 0 Å². The van der Waals surface area contributed by atoms with E-state index in [-0.39, 0.29) is 23.1 Å². The molecule has 1 N–H and O–H groups in total. The second-order valence-electron chi connectivity index (χ2n) is 5.89. The number of aliphatic hydroxyl groups excluding tert-OH is 1. The number of hydrogen-bond donors (Lipinski definition) is 1. The van der Waals surface area contributed by atoms with Crippen LogP contribution in [-0.2, 0) is 10.0 Å². The quantitative estimate of drug-likeness (QED) is 0.924. The van der Waals surface area contributed by atoms with Gasteiger partial charge in [0.25, 0.3) is 0 Å². The van der Waals surface area contributed by atoms with E-state index < -0.39 is 16.1 Å². The van der Waals surface area contributed by atoms with Crippen molar-refractivity contribution in [3.63, 3.8) is 0 Å². The van der Waals surface area contributed by atoms with Crippen LogP contribution in [0.15, 0.2) is 39.8 Å². The predicted molar refractivity (Wildman–Crippen MR) is 84.5 cm³/mol. The summed E-state index contributed by atoms with van der Waals surface area (Å²) in [6.45, 7) is 3.63. The molecule has 6 nitrogen and oxygen atoms in total. The lowest BCUT2D eigenvalue weighted by Crippen LogP contribution is -2.45. The van der Waals surface area contributed by atoms with Gasteiger partial charge in [0.05, 0.1) is 6.10 Å². The van der Waals surface area contributed by atoms with Crippen molar-refractivity contribution in [3.05, 3.63) is 47.3 Å². The van der Waals surface area contributed by atoms with Crippen LogP contribution in [0.4, 0.5) is 0 Å². The van der Waals surface area contributed by atoms with Gasteiger partial charge >= 0.3 is 0 Å². The number of rotatable bonds is 3. The molecule has 2 heterocycles. The highest BCUT2D eigenvalue weighted by molar-refractivity contribution is 7.89. The molecule has 0 bridgehead atoms. The van der Waals surface area contributed by atoms with Crippen molar-refractivity contribution >= 4 is 10.0 Å². The average molecular weight is 336 g/mol. The van der Waals surface area contributed by atoms with Crippen LogP contribution in [0.1, 0.15) is 29.4 Å². The molecule has 0 unspecified atom stereocenters. The van der Waals surface area contributed by atoms with Crippen molar-refractivity contribution in [1.29, 1.82) is 0 Å². The number of aliphatic hydroxyl groups is 1. The molecule has 0 amide bonds. The first-order valence-corrected chi connectivity index (χ1v) is 9.01. The molecule has 0 radical (unpaired) electrons. The molecule has 1 aromatic heterocycles. The van der Waals surface area contributed by atoms with Crippen LogP contribution >= 0.6 is 0 Å². The highest BCUT2D eigenvalue weighted by Gasteiger charge is 2.37. The lowest BCUT2D eigenvalue weighted by Gasteiger charge is -2.35. The Kier molecular flexibility index (Phi) is 4.27. The number of aryl methyl sites for hydroxylation is 2. The fourth-order valence-corrected chi connectivity index (χ4v) is 4.95. The Morgan fingerprint density at radius 1 is 1.26 bits per heavy atom. The molecule has 2 aromatic rings. The van der Waals surface area contributed by atoms with Crippen LogP contribution in [0, 0.1) is 13.8 Å². The number of benzene rings is 1. The highest BCUT2D eigenvalue weighted by Crippen LogP contribution is 2.32. The van der Waals surface area contributed by atoms with E-state index in [9.17, 15) is 13.5 Å². The summed E-state index contributed by atoms with van der Waals surface area (Å²) < 4.78 is 31.9. The van der Waals surface area contributed by atoms with E-state index >= 15 is 0 Å². The number of nitrogens with zero attached hydrogens (tertiary/aromatic N) is 2. The third-order valence-electron chi connectivity index (χ3n) is 4.34. The zero-order valence-corrected chi connectivity index (χ0v) is 14.0. The highest BCUT2D eigenvalue weighted by atomic mass is 32.2. The fraction of sp³-hybridized carbons (Fsp3) is 0.438. The van der Waals surface area contributed by atoms with Crippen LogP contribution in [0.25, 0.3) is 0 Å². The lowest BCUT2D eigenvalue weighted by molar-refractivity contribution is 0.0854. The van der Waals surface area contributed by atoms with Gasteiger partial charge in [-0.05, 0) is 25.8 Å². The minimum absolute atomic E-state index is 0.0488. The second kappa shape index (κ2) is 6.07. The second-order valence-corrected chi connectivity index (χ2v) is 7.76. The van der Waals surface area contributed by atoms with E-state index in [0.717, 1.165) is 5.56 Å². The maximum atomic E-state index is 12.8. The Balaban J connectivity index is 1.83. The van der Waals surface area contributed by atoms with E-state index in [4.69, 9.17) is 4.52 Å². The zero-order valence-electron chi connectivity index (χ0n) is 13.1. The van der Waals surface area contributed by atoms with Gasteiger partial charge in [-0.1, -0.05) is 35.5 Å². The van der Waals surface area contributed by atoms with Crippen LogP contribution in [-0.4, -0.2) is 42.2 Å². The Bertz CT molecular complexity index is 766. The normalized spacial score (nSPS) is 23.1. The Morgan fingerprint density at radius 2 is 1.96 bits per heavy atom. The van der Waals surface area contributed by atoms with Gasteiger partial charge in [-0.25, -0.2) is 8.42 Å². The molecule has 3 rings (SSSR count). The smallest absolute Gasteiger partial charge is 0.248 e. The van der Waals surface area contributed by atoms with Gasteiger partial charge in [0.2, 0.25) is 10.0 Å². The van der Waals surface area contributed by atoms with Gasteiger partial charge in [0.15, 0.2) is 5.76 Å². The molecule has 7 heteroatoms. The molecule has 1 aromatic carbocycles. The summed E-state index contributed by atoms with van der Waals surface area (Å²) in [7, 11) is -3.70. The monoisotopic (exact) mass is 336 g/mol. The molecule has 0 spiro atoms. The molecular formula is C16H20N2O4S. The van der Waals surface area contributed by atoms with Crippen molar-refractivity contribution in [3.8, 4) is 0 Å². The van der Waals surface area contributed by atoms with Crippen molar-refractivity contribution in [2.24, 2.45) is 0 Å². The molecule has 0 saturated carbocycles. The first kappa shape index (κ1) is 16.2. The SMILES string of the molecule is Cc1noc(C)c1S(=O)(=O)N1CC[C@H](c2ccccc2)[C@H](O)C1. The van der Waals surface area contributed by atoms with Gasteiger partial charge in [0, 0.05) is 19.0 Å². The standard InChI is InChI=1S/C16H20N2O4S/c1-11-16(12(2)22-17-11)23(20,21)18-9-8-14(15(19)10-18)13-6-4-3-5-7-13/h3-7,14-15,19H,8-10H2,1-2H3/t14-,15-/m1/s1. The molecule has 1 aliphatic rings. The van der Waals surface area contributed by atoms with Crippen molar-refractivity contribution in [2.45, 2.75) is 37.2 Å². The molecule has 0 aliphatic carbocycles. The molecular weight excluding hydrogens is 316 g/mol. The van der Waals surface area contributed by atoms with Crippen LogP contribution < -0.4 is 0 Å². The van der Waals surface area contributed by atoms with Gasteiger partial charge in [-0.2, -0.15) is 4.31 Å². The molecule has 1 aliphatic heterocycles. The topological polar surface area (TPSA) is 83.6 Å². The lowest BCUT2D eigenvalue weighted by atomic mass is 9.88. The zero-order chi connectivity index (χ0) is 16.6. The van der Waals surface area contributed by atoms with E-state index in [1.54, 1.807) is 13.8 Å². The van der Waals surface area contributed by atoms with E-state index in [1.165, 1.54) is 4.31 Å². The predicted octanol–water partition coefficient (Wildman–Crippen LogP) is 1.83. The summed E-state index contributed by atoms with van der Waals surface area (Å²) in [4.78, 5) is 0.114.